The number of hydrogen-bond donors (Lipinski definition) is 1. The van der Waals surface area contributed by atoms with Gasteiger partial charge in [0.05, 0.1) is 11.4 Å². The number of halogens is 1. The molecule has 0 unspecified atom stereocenters. The highest BCUT2D eigenvalue weighted by molar-refractivity contribution is 5.49. The largest absolute Gasteiger partial charge is 0.345 e. The molecule has 1 aliphatic rings. The van der Waals surface area contributed by atoms with Crippen molar-refractivity contribution >= 4 is 6.08 Å². The van der Waals surface area contributed by atoms with Crippen LogP contribution in [0.4, 0.5) is 4.39 Å². The van der Waals surface area contributed by atoms with E-state index in [1.165, 1.54) is 23.5 Å². The first-order valence-electron chi connectivity index (χ1n) is 6.89. The molecule has 1 aromatic carbocycles. The zero-order chi connectivity index (χ0) is 13.9. The SMILES string of the molecule is Cc1nc2c([nH]1)CN(CC=Cc1ccc(F)cc1)CC2. The van der Waals surface area contributed by atoms with Crippen molar-refractivity contribution in [3.63, 3.8) is 0 Å². The number of imidazole rings is 1. The van der Waals surface area contributed by atoms with Crippen molar-refractivity contribution in [1.82, 2.24) is 14.9 Å². The maximum absolute atomic E-state index is 12.8. The fourth-order valence-corrected chi connectivity index (χ4v) is 2.56. The first-order chi connectivity index (χ1) is 9.70. The molecule has 20 heavy (non-hydrogen) atoms. The van der Waals surface area contributed by atoms with Crippen LogP contribution < -0.4 is 0 Å². The fraction of sp³-hybridized carbons (Fsp3) is 0.312. The Balaban J connectivity index is 1.58. The number of aromatic nitrogens is 2. The Morgan fingerprint density at radius 1 is 1.35 bits per heavy atom. The lowest BCUT2D eigenvalue weighted by molar-refractivity contribution is 0.277. The number of rotatable bonds is 3. The summed E-state index contributed by atoms with van der Waals surface area (Å²) in [4.78, 5) is 10.2. The topological polar surface area (TPSA) is 31.9 Å². The van der Waals surface area contributed by atoms with E-state index in [4.69, 9.17) is 0 Å². The van der Waals surface area contributed by atoms with Crippen LogP contribution in [0, 0.1) is 12.7 Å². The van der Waals surface area contributed by atoms with Gasteiger partial charge >= 0.3 is 0 Å². The summed E-state index contributed by atoms with van der Waals surface area (Å²) in [5, 5.41) is 0. The summed E-state index contributed by atoms with van der Waals surface area (Å²) in [6.45, 7) is 4.85. The lowest BCUT2D eigenvalue weighted by atomic mass is 10.1. The van der Waals surface area contributed by atoms with Crippen LogP contribution in [-0.2, 0) is 13.0 Å². The second-order valence-electron chi connectivity index (χ2n) is 5.19. The van der Waals surface area contributed by atoms with E-state index in [1.54, 1.807) is 12.1 Å². The van der Waals surface area contributed by atoms with Crippen molar-refractivity contribution in [1.29, 1.82) is 0 Å². The van der Waals surface area contributed by atoms with Gasteiger partial charge < -0.3 is 4.98 Å². The summed E-state index contributed by atoms with van der Waals surface area (Å²) in [6, 6.07) is 6.55. The maximum Gasteiger partial charge on any atom is 0.123 e. The van der Waals surface area contributed by atoms with Crippen LogP contribution >= 0.6 is 0 Å². The number of nitrogens with one attached hydrogen (secondary N) is 1. The molecule has 1 aliphatic heterocycles. The quantitative estimate of drug-likeness (QED) is 0.930. The summed E-state index contributed by atoms with van der Waals surface area (Å²) in [5.74, 6) is 0.805. The van der Waals surface area contributed by atoms with Crippen LogP contribution in [0.3, 0.4) is 0 Å². The summed E-state index contributed by atoms with van der Waals surface area (Å²) >= 11 is 0. The molecule has 0 bridgehead atoms. The third-order valence-corrected chi connectivity index (χ3v) is 3.57. The van der Waals surface area contributed by atoms with Gasteiger partial charge in [-0.15, -0.1) is 0 Å². The van der Waals surface area contributed by atoms with E-state index >= 15 is 0 Å². The molecule has 0 amide bonds. The minimum atomic E-state index is -0.194. The summed E-state index contributed by atoms with van der Waals surface area (Å²) in [7, 11) is 0. The van der Waals surface area contributed by atoms with Crippen molar-refractivity contribution in [3.8, 4) is 0 Å². The Kier molecular flexibility index (Phi) is 3.65. The van der Waals surface area contributed by atoms with Crippen LogP contribution in [0.1, 0.15) is 22.8 Å². The average molecular weight is 271 g/mol. The van der Waals surface area contributed by atoms with Crippen LogP contribution in [-0.4, -0.2) is 28.0 Å². The minimum absolute atomic E-state index is 0.194. The standard InChI is InChI=1S/C16H18FN3/c1-12-18-15-8-10-20(11-16(15)19-12)9-2-3-13-4-6-14(17)7-5-13/h2-7H,8-11H2,1H3,(H,18,19). The number of hydrogen-bond acceptors (Lipinski definition) is 2. The van der Waals surface area contributed by atoms with E-state index in [0.717, 1.165) is 37.4 Å². The number of aryl methyl sites for hydroxylation is 1. The Labute approximate surface area is 118 Å². The first kappa shape index (κ1) is 13.1. The van der Waals surface area contributed by atoms with Crippen molar-refractivity contribution in [3.05, 3.63) is 58.9 Å². The molecular weight excluding hydrogens is 253 g/mol. The molecule has 104 valence electrons. The molecule has 0 fully saturated rings. The third kappa shape index (κ3) is 2.96. The summed E-state index contributed by atoms with van der Waals surface area (Å²) < 4.78 is 12.8. The molecule has 0 aliphatic carbocycles. The Morgan fingerprint density at radius 2 is 2.15 bits per heavy atom. The first-order valence-corrected chi connectivity index (χ1v) is 6.89. The van der Waals surface area contributed by atoms with Crippen LogP contribution in [0.5, 0.6) is 0 Å². The molecule has 2 aromatic rings. The molecule has 1 aromatic heterocycles. The molecule has 0 atom stereocenters. The van der Waals surface area contributed by atoms with Gasteiger partial charge in [-0.1, -0.05) is 24.3 Å². The van der Waals surface area contributed by atoms with Crippen LogP contribution in [0.15, 0.2) is 30.3 Å². The maximum atomic E-state index is 12.8. The predicted molar refractivity (Wildman–Crippen MR) is 77.7 cm³/mol. The molecule has 3 rings (SSSR count). The molecule has 0 radical (unpaired) electrons. The van der Waals surface area contributed by atoms with E-state index in [2.05, 4.69) is 20.9 Å². The van der Waals surface area contributed by atoms with Gasteiger partial charge in [-0.3, -0.25) is 4.90 Å². The van der Waals surface area contributed by atoms with Crippen molar-refractivity contribution < 1.29 is 4.39 Å². The van der Waals surface area contributed by atoms with E-state index in [9.17, 15) is 4.39 Å². The van der Waals surface area contributed by atoms with Gasteiger partial charge in [-0.25, -0.2) is 9.37 Å². The second kappa shape index (κ2) is 5.59. The lowest BCUT2D eigenvalue weighted by Gasteiger charge is -2.24. The highest BCUT2D eigenvalue weighted by atomic mass is 19.1. The summed E-state index contributed by atoms with van der Waals surface area (Å²) in [6.07, 6.45) is 5.17. The summed E-state index contributed by atoms with van der Waals surface area (Å²) in [5.41, 5.74) is 3.48. The highest BCUT2D eigenvalue weighted by Crippen LogP contribution is 2.16. The number of fused-ring (bicyclic) bond motifs is 1. The zero-order valence-corrected chi connectivity index (χ0v) is 11.6. The smallest absolute Gasteiger partial charge is 0.123 e. The van der Waals surface area contributed by atoms with Gasteiger partial charge in [0.2, 0.25) is 0 Å². The van der Waals surface area contributed by atoms with Gasteiger partial charge in [-0.05, 0) is 24.6 Å². The van der Waals surface area contributed by atoms with Crippen molar-refractivity contribution in [2.45, 2.75) is 19.9 Å². The normalized spacial score (nSPS) is 15.7. The van der Waals surface area contributed by atoms with Gasteiger partial charge in [0.25, 0.3) is 0 Å². The van der Waals surface area contributed by atoms with Crippen molar-refractivity contribution in [2.75, 3.05) is 13.1 Å². The number of H-pyrrole nitrogens is 1. The van der Waals surface area contributed by atoms with Gasteiger partial charge in [0, 0.05) is 26.1 Å². The fourth-order valence-electron chi connectivity index (χ4n) is 2.56. The highest BCUT2D eigenvalue weighted by Gasteiger charge is 2.17. The molecule has 0 saturated carbocycles. The average Bonchev–Trinajstić information content (AvgIpc) is 2.80. The molecule has 0 saturated heterocycles. The Morgan fingerprint density at radius 3 is 2.95 bits per heavy atom. The number of nitrogens with zero attached hydrogens (tertiary/aromatic N) is 2. The van der Waals surface area contributed by atoms with Gasteiger partial charge in [0.15, 0.2) is 0 Å². The molecule has 1 N–H and O–H groups in total. The minimum Gasteiger partial charge on any atom is -0.345 e. The number of benzene rings is 1. The molecule has 2 heterocycles. The van der Waals surface area contributed by atoms with E-state index in [1.807, 2.05) is 13.0 Å². The van der Waals surface area contributed by atoms with E-state index in [-0.39, 0.29) is 5.82 Å². The number of aromatic amines is 1. The second-order valence-corrected chi connectivity index (χ2v) is 5.19. The molecule has 4 heteroatoms. The Hall–Kier alpha value is -1.94. The van der Waals surface area contributed by atoms with Gasteiger partial charge in [-0.2, -0.15) is 0 Å². The molecule has 3 nitrogen and oxygen atoms in total. The van der Waals surface area contributed by atoms with E-state index in [0.29, 0.717) is 0 Å². The molecule has 0 spiro atoms. The lowest BCUT2D eigenvalue weighted by Crippen LogP contribution is -2.30. The Bertz CT molecular complexity index is 613. The third-order valence-electron chi connectivity index (χ3n) is 3.57. The zero-order valence-electron chi connectivity index (χ0n) is 11.6. The van der Waals surface area contributed by atoms with Crippen molar-refractivity contribution in [2.24, 2.45) is 0 Å². The van der Waals surface area contributed by atoms with Crippen LogP contribution in [0.25, 0.3) is 6.08 Å². The molecular formula is C16H18FN3. The van der Waals surface area contributed by atoms with Gasteiger partial charge in [0.1, 0.15) is 11.6 Å². The predicted octanol–water partition coefficient (Wildman–Crippen LogP) is 2.93. The van der Waals surface area contributed by atoms with E-state index < -0.39 is 0 Å². The monoisotopic (exact) mass is 271 g/mol. The van der Waals surface area contributed by atoms with Crippen LogP contribution in [0.2, 0.25) is 0 Å².